The van der Waals surface area contributed by atoms with E-state index in [1.54, 1.807) is 7.05 Å². The number of aliphatic hydroxyl groups is 1. The maximum absolute atomic E-state index is 12.7. The summed E-state index contributed by atoms with van der Waals surface area (Å²) in [7, 11) is -2.07. The molecular weight excluding hydrogens is 350 g/mol. The van der Waals surface area contributed by atoms with Gasteiger partial charge in [0.15, 0.2) is 0 Å². The molecule has 0 aliphatic carbocycles. The van der Waals surface area contributed by atoms with Crippen molar-refractivity contribution in [1.29, 1.82) is 0 Å². The molecule has 0 bridgehead atoms. The van der Waals surface area contributed by atoms with Crippen LogP contribution in [0.2, 0.25) is 0 Å². The summed E-state index contributed by atoms with van der Waals surface area (Å²) in [6.45, 7) is 0.450. The average molecular weight is 366 g/mol. The number of hydrogen-bond donors (Lipinski definition) is 2. The normalized spacial score (nSPS) is 20.9. The first-order chi connectivity index (χ1) is 9.48. The van der Waals surface area contributed by atoms with E-state index < -0.39 is 16.1 Å². The third kappa shape index (κ3) is 3.12. The fourth-order valence-corrected chi connectivity index (χ4v) is 4.08. The van der Waals surface area contributed by atoms with Crippen molar-refractivity contribution in [2.24, 2.45) is 0 Å². The predicted molar refractivity (Wildman–Crippen MR) is 77.1 cm³/mol. The summed E-state index contributed by atoms with van der Waals surface area (Å²) in [6, 6.07) is 1.51. The lowest BCUT2D eigenvalue weighted by molar-refractivity contribution is -0.0304. The number of aliphatic hydroxyl groups excluding tert-OH is 1. The number of nitrogens with one attached hydrogen (secondary N) is 1. The fourth-order valence-electron chi connectivity index (χ4n) is 1.97. The molecule has 1 aromatic heterocycles. The molecule has 7 nitrogen and oxygen atoms in total. The summed E-state index contributed by atoms with van der Waals surface area (Å²) >= 11 is 3.23. The van der Waals surface area contributed by atoms with E-state index in [1.807, 2.05) is 0 Å². The highest BCUT2D eigenvalue weighted by atomic mass is 79.9. The van der Waals surface area contributed by atoms with Crippen molar-refractivity contribution in [2.45, 2.75) is 11.0 Å². The number of hydrogen-bond acceptors (Lipinski definition) is 6. The van der Waals surface area contributed by atoms with Crippen molar-refractivity contribution in [3.63, 3.8) is 0 Å². The van der Waals surface area contributed by atoms with Crippen LogP contribution in [0.3, 0.4) is 0 Å². The van der Waals surface area contributed by atoms with Crippen LogP contribution in [0.25, 0.3) is 0 Å². The largest absolute Gasteiger partial charge is 0.394 e. The summed E-state index contributed by atoms with van der Waals surface area (Å²) < 4.78 is 32.5. The summed E-state index contributed by atoms with van der Waals surface area (Å²) in [5.41, 5.74) is 0. The van der Waals surface area contributed by atoms with Crippen LogP contribution in [0.5, 0.6) is 0 Å². The van der Waals surface area contributed by atoms with Gasteiger partial charge in [-0.25, -0.2) is 13.4 Å². The zero-order chi connectivity index (χ0) is 14.8. The van der Waals surface area contributed by atoms with Gasteiger partial charge in [0, 0.05) is 30.8 Å². The van der Waals surface area contributed by atoms with E-state index in [2.05, 4.69) is 26.2 Å². The van der Waals surface area contributed by atoms with Gasteiger partial charge in [-0.05, 0) is 22.0 Å². The van der Waals surface area contributed by atoms with Crippen LogP contribution < -0.4 is 5.32 Å². The summed E-state index contributed by atoms with van der Waals surface area (Å²) in [6.07, 6.45) is 1.04. The van der Waals surface area contributed by atoms with Gasteiger partial charge >= 0.3 is 0 Å². The molecule has 0 aromatic carbocycles. The number of sulfonamides is 1. The molecule has 0 amide bonds. The van der Waals surface area contributed by atoms with Gasteiger partial charge in [-0.1, -0.05) is 0 Å². The Kier molecular flexibility index (Phi) is 4.97. The Hall–Kier alpha value is -0.740. The van der Waals surface area contributed by atoms with Crippen molar-refractivity contribution in [3.05, 3.63) is 16.7 Å². The summed E-state index contributed by atoms with van der Waals surface area (Å²) in [5.74, 6) is 0.292. The van der Waals surface area contributed by atoms with E-state index in [0.29, 0.717) is 10.3 Å². The maximum Gasteiger partial charge on any atom is 0.246 e. The number of halogens is 1. The zero-order valence-electron chi connectivity index (χ0n) is 10.9. The first-order valence-corrected chi connectivity index (χ1v) is 8.28. The highest BCUT2D eigenvalue weighted by Gasteiger charge is 2.32. The van der Waals surface area contributed by atoms with E-state index in [4.69, 9.17) is 9.84 Å². The molecule has 112 valence electrons. The second kappa shape index (κ2) is 6.35. The number of pyridine rings is 1. The van der Waals surface area contributed by atoms with Crippen LogP contribution in [-0.4, -0.2) is 62.3 Å². The molecule has 1 saturated heterocycles. The molecule has 2 rings (SSSR count). The van der Waals surface area contributed by atoms with Gasteiger partial charge in [0.05, 0.1) is 19.3 Å². The quantitative estimate of drug-likeness (QED) is 0.795. The Labute approximate surface area is 126 Å². The van der Waals surface area contributed by atoms with Crippen LogP contribution >= 0.6 is 15.9 Å². The van der Waals surface area contributed by atoms with Crippen molar-refractivity contribution < 1.29 is 18.3 Å². The number of morpholine rings is 1. The van der Waals surface area contributed by atoms with Gasteiger partial charge in [0.1, 0.15) is 10.7 Å². The second-order valence-electron chi connectivity index (χ2n) is 4.29. The molecule has 0 saturated carbocycles. The van der Waals surface area contributed by atoms with Gasteiger partial charge < -0.3 is 15.2 Å². The predicted octanol–water partition coefficient (Wildman–Crippen LogP) is 0.268. The van der Waals surface area contributed by atoms with Crippen molar-refractivity contribution in [3.8, 4) is 0 Å². The Balaban J connectivity index is 2.37. The Bertz CT molecular complexity index is 581. The molecule has 1 unspecified atom stereocenters. The SMILES string of the molecule is CNc1ncc(Br)cc1S(=O)(=O)N1CCOC(CO)C1. The molecule has 20 heavy (non-hydrogen) atoms. The molecule has 1 aliphatic rings. The first-order valence-electron chi connectivity index (χ1n) is 6.05. The number of anilines is 1. The lowest BCUT2D eigenvalue weighted by Crippen LogP contribution is -2.46. The molecule has 1 aliphatic heterocycles. The topological polar surface area (TPSA) is 91.8 Å². The minimum Gasteiger partial charge on any atom is -0.394 e. The van der Waals surface area contributed by atoms with E-state index in [9.17, 15) is 8.42 Å². The van der Waals surface area contributed by atoms with Gasteiger partial charge in [0.2, 0.25) is 10.0 Å². The Morgan fingerprint density at radius 3 is 3.05 bits per heavy atom. The number of rotatable bonds is 4. The first kappa shape index (κ1) is 15.6. The molecule has 2 heterocycles. The minimum atomic E-state index is -3.68. The van der Waals surface area contributed by atoms with Gasteiger partial charge in [-0.15, -0.1) is 0 Å². The molecule has 2 N–H and O–H groups in total. The van der Waals surface area contributed by atoms with Crippen LogP contribution in [0, 0.1) is 0 Å². The molecule has 9 heteroatoms. The third-order valence-corrected chi connectivity index (χ3v) is 5.29. The van der Waals surface area contributed by atoms with Crippen LogP contribution in [0.4, 0.5) is 5.82 Å². The van der Waals surface area contributed by atoms with Crippen LogP contribution in [0.15, 0.2) is 21.6 Å². The fraction of sp³-hybridized carbons (Fsp3) is 0.545. The van der Waals surface area contributed by atoms with Crippen molar-refractivity contribution in [1.82, 2.24) is 9.29 Å². The molecular formula is C11H16BrN3O4S. The van der Waals surface area contributed by atoms with E-state index in [0.717, 1.165) is 0 Å². The lowest BCUT2D eigenvalue weighted by atomic mass is 10.3. The van der Waals surface area contributed by atoms with Crippen LogP contribution in [-0.2, 0) is 14.8 Å². The molecule has 0 radical (unpaired) electrons. The third-order valence-electron chi connectivity index (χ3n) is 2.98. The highest BCUT2D eigenvalue weighted by molar-refractivity contribution is 9.10. The van der Waals surface area contributed by atoms with E-state index >= 15 is 0 Å². The van der Waals surface area contributed by atoms with Gasteiger partial charge in [0.25, 0.3) is 0 Å². The molecule has 1 atom stereocenters. The summed E-state index contributed by atoms with van der Waals surface area (Å²) in [5, 5.41) is 11.9. The number of ether oxygens (including phenoxy) is 1. The molecule has 0 spiro atoms. The Morgan fingerprint density at radius 2 is 2.40 bits per heavy atom. The Morgan fingerprint density at radius 1 is 1.65 bits per heavy atom. The van der Waals surface area contributed by atoms with Crippen LogP contribution in [0.1, 0.15) is 0 Å². The number of aromatic nitrogens is 1. The standard InChI is InChI=1S/C11H16BrN3O4S/c1-13-11-10(4-8(12)5-14-11)20(17,18)15-2-3-19-9(6-15)7-16/h4-5,9,16H,2-3,6-7H2,1H3,(H,13,14). The van der Waals surface area contributed by atoms with E-state index in [-0.39, 0.29) is 31.2 Å². The smallest absolute Gasteiger partial charge is 0.246 e. The maximum atomic E-state index is 12.7. The minimum absolute atomic E-state index is 0.105. The van der Waals surface area contributed by atoms with Crippen molar-refractivity contribution in [2.75, 3.05) is 38.7 Å². The zero-order valence-corrected chi connectivity index (χ0v) is 13.3. The summed E-state index contributed by atoms with van der Waals surface area (Å²) in [4.78, 5) is 4.16. The van der Waals surface area contributed by atoms with Crippen molar-refractivity contribution >= 4 is 31.8 Å². The van der Waals surface area contributed by atoms with Gasteiger partial charge in [-0.2, -0.15) is 4.31 Å². The van der Waals surface area contributed by atoms with Gasteiger partial charge in [-0.3, -0.25) is 0 Å². The molecule has 1 fully saturated rings. The average Bonchev–Trinajstić information content (AvgIpc) is 2.47. The van der Waals surface area contributed by atoms with E-state index in [1.165, 1.54) is 16.6 Å². The highest BCUT2D eigenvalue weighted by Crippen LogP contribution is 2.26. The molecule has 1 aromatic rings. The monoisotopic (exact) mass is 365 g/mol. The second-order valence-corrected chi connectivity index (χ2v) is 7.11. The lowest BCUT2D eigenvalue weighted by Gasteiger charge is -2.31. The number of nitrogens with zero attached hydrogens (tertiary/aromatic N) is 2.